The third-order valence-electron chi connectivity index (χ3n) is 4.50. The minimum Gasteiger partial charge on any atom is -0.368 e. The summed E-state index contributed by atoms with van der Waals surface area (Å²) < 4.78 is 13.0. The molecule has 0 aliphatic carbocycles. The number of benzene rings is 1. The molecule has 1 amide bonds. The van der Waals surface area contributed by atoms with E-state index in [4.69, 9.17) is 0 Å². The zero-order valence-electron chi connectivity index (χ0n) is 16.2. The Hall–Kier alpha value is -1.58. The number of carbonyl (C=O) groups excluding carboxylic acids is 1. The Kier molecular flexibility index (Phi) is 11.1. The lowest BCUT2D eigenvalue weighted by atomic mass is 10.2. The molecule has 27 heavy (non-hydrogen) atoms. The molecule has 0 aromatic heterocycles. The molecule has 2 N–H and O–H groups in total. The maximum atomic E-state index is 13.0. The van der Waals surface area contributed by atoms with Gasteiger partial charge in [-0.05, 0) is 30.7 Å². The fraction of sp³-hybridized carbons (Fsp3) is 0.579. The van der Waals surface area contributed by atoms with Crippen LogP contribution in [0.1, 0.15) is 26.2 Å². The normalized spacial score (nSPS) is 14.6. The third-order valence-corrected chi connectivity index (χ3v) is 4.50. The maximum Gasteiger partial charge on any atom is 0.224 e. The van der Waals surface area contributed by atoms with Crippen LogP contribution in [0.5, 0.6) is 0 Å². The number of amides is 1. The Morgan fingerprint density at radius 1 is 1.11 bits per heavy atom. The molecule has 8 heteroatoms. The highest BCUT2D eigenvalue weighted by Crippen LogP contribution is 2.17. The van der Waals surface area contributed by atoms with Crippen LogP contribution in [0.15, 0.2) is 29.3 Å². The standard InChI is InChI=1S/C19H30FN5O.HI/c1-3-4-10-22-19(21-2)23-11-9-18(26)25-14-12-24(13-15-25)17-7-5-16(20)6-8-17;/h5-8H,3-4,9-15H2,1-2H3,(H2,21,22,23);1H. The van der Waals surface area contributed by atoms with E-state index in [1.54, 1.807) is 19.2 Å². The number of piperazine rings is 1. The second-order valence-electron chi connectivity index (χ2n) is 6.37. The van der Waals surface area contributed by atoms with Gasteiger partial charge in [-0.15, -0.1) is 24.0 Å². The minimum absolute atomic E-state index is 0. The molecule has 0 radical (unpaired) electrons. The summed E-state index contributed by atoms with van der Waals surface area (Å²) in [6.45, 7) is 6.53. The first kappa shape index (κ1) is 23.5. The summed E-state index contributed by atoms with van der Waals surface area (Å²) in [7, 11) is 1.73. The van der Waals surface area contributed by atoms with E-state index in [-0.39, 0.29) is 35.7 Å². The zero-order chi connectivity index (χ0) is 18.8. The van der Waals surface area contributed by atoms with E-state index in [2.05, 4.69) is 27.4 Å². The quantitative estimate of drug-likeness (QED) is 0.266. The van der Waals surface area contributed by atoms with Crippen LogP contribution in [0.2, 0.25) is 0 Å². The number of hydrogen-bond acceptors (Lipinski definition) is 3. The van der Waals surface area contributed by atoms with E-state index < -0.39 is 0 Å². The molecule has 0 unspecified atom stereocenters. The van der Waals surface area contributed by atoms with Crippen molar-refractivity contribution in [3.63, 3.8) is 0 Å². The Bertz CT molecular complexity index is 588. The third kappa shape index (κ3) is 7.90. The van der Waals surface area contributed by atoms with Crippen LogP contribution < -0.4 is 15.5 Å². The maximum absolute atomic E-state index is 13.0. The second kappa shape index (κ2) is 12.7. The zero-order valence-corrected chi connectivity index (χ0v) is 18.5. The SMILES string of the molecule is CCCCNC(=NC)NCCC(=O)N1CCN(c2ccc(F)cc2)CC1.I. The van der Waals surface area contributed by atoms with E-state index in [0.717, 1.165) is 44.1 Å². The number of unbranched alkanes of at least 4 members (excludes halogenated alkanes) is 1. The lowest BCUT2D eigenvalue weighted by Gasteiger charge is -2.36. The molecule has 1 aliphatic rings. The number of rotatable bonds is 7. The fourth-order valence-corrected chi connectivity index (χ4v) is 2.92. The van der Waals surface area contributed by atoms with Crippen LogP contribution in [0.4, 0.5) is 10.1 Å². The Morgan fingerprint density at radius 2 is 1.74 bits per heavy atom. The van der Waals surface area contributed by atoms with E-state index in [0.29, 0.717) is 26.1 Å². The molecular weight excluding hydrogens is 460 g/mol. The van der Waals surface area contributed by atoms with Crippen LogP contribution >= 0.6 is 24.0 Å². The average molecular weight is 491 g/mol. The molecule has 1 heterocycles. The molecule has 1 aromatic carbocycles. The monoisotopic (exact) mass is 491 g/mol. The summed E-state index contributed by atoms with van der Waals surface area (Å²) >= 11 is 0. The van der Waals surface area contributed by atoms with Gasteiger partial charge >= 0.3 is 0 Å². The highest BCUT2D eigenvalue weighted by atomic mass is 127. The number of anilines is 1. The van der Waals surface area contributed by atoms with Crippen molar-refractivity contribution in [1.29, 1.82) is 0 Å². The number of nitrogens with one attached hydrogen (secondary N) is 2. The van der Waals surface area contributed by atoms with Gasteiger partial charge in [0, 0.05) is 58.4 Å². The molecule has 1 fully saturated rings. The summed E-state index contributed by atoms with van der Waals surface area (Å²) in [6, 6.07) is 6.52. The van der Waals surface area contributed by atoms with Gasteiger partial charge in [0.05, 0.1) is 0 Å². The molecule has 0 spiro atoms. The van der Waals surface area contributed by atoms with E-state index >= 15 is 0 Å². The largest absolute Gasteiger partial charge is 0.368 e. The molecule has 0 bridgehead atoms. The van der Waals surface area contributed by atoms with Gasteiger partial charge in [-0.2, -0.15) is 0 Å². The first-order valence-corrected chi connectivity index (χ1v) is 9.37. The van der Waals surface area contributed by atoms with E-state index in [9.17, 15) is 9.18 Å². The van der Waals surface area contributed by atoms with Gasteiger partial charge < -0.3 is 20.4 Å². The van der Waals surface area contributed by atoms with Crippen molar-refractivity contribution in [2.75, 3.05) is 51.2 Å². The highest BCUT2D eigenvalue weighted by Gasteiger charge is 2.21. The summed E-state index contributed by atoms with van der Waals surface area (Å²) in [5, 5.41) is 6.42. The van der Waals surface area contributed by atoms with Gasteiger partial charge in [0.25, 0.3) is 0 Å². The number of halogens is 2. The van der Waals surface area contributed by atoms with Gasteiger partial charge in [0.15, 0.2) is 5.96 Å². The number of aliphatic imine (C=N–C) groups is 1. The minimum atomic E-state index is -0.228. The van der Waals surface area contributed by atoms with E-state index in [1.165, 1.54) is 12.1 Å². The summed E-state index contributed by atoms with van der Waals surface area (Å²) in [5.41, 5.74) is 1.00. The predicted molar refractivity (Wildman–Crippen MR) is 119 cm³/mol. The fourth-order valence-electron chi connectivity index (χ4n) is 2.92. The van der Waals surface area contributed by atoms with Crippen LogP contribution in [-0.2, 0) is 4.79 Å². The van der Waals surface area contributed by atoms with Crippen molar-refractivity contribution in [2.45, 2.75) is 26.2 Å². The van der Waals surface area contributed by atoms with Crippen molar-refractivity contribution < 1.29 is 9.18 Å². The lowest BCUT2D eigenvalue weighted by molar-refractivity contribution is -0.131. The second-order valence-corrected chi connectivity index (χ2v) is 6.37. The van der Waals surface area contributed by atoms with Crippen molar-refractivity contribution in [2.24, 2.45) is 4.99 Å². The Balaban J connectivity index is 0.00000364. The smallest absolute Gasteiger partial charge is 0.224 e. The number of guanidine groups is 1. The highest BCUT2D eigenvalue weighted by molar-refractivity contribution is 14.0. The van der Waals surface area contributed by atoms with E-state index in [1.807, 2.05) is 4.90 Å². The molecule has 152 valence electrons. The number of hydrogen-bond donors (Lipinski definition) is 2. The molecule has 2 rings (SSSR count). The van der Waals surface area contributed by atoms with Gasteiger partial charge in [-0.3, -0.25) is 9.79 Å². The van der Waals surface area contributed by atoms with Crippen LogP contribution in [0.3, 0.4) is 0 Å². The van der Waals surface area contributed by atoms with Gasteiger partial charge in [-0.25, -0.2) is 4.39 Å². The summed E-state index contributed by atoms with van der Waals surface area (Å²) in [5.74, 6) is 0.668. The molecule has 1 aromatic rings. The van der Waals surface area contributed by atoms with Crippen LogP contribution in [0.25, 0.3) is 0 Å². The molecule has 0 saturated carbocycles. The predicted octanol–water partition coefficient (Wildman–Crippen LogP) is 2.45. The van der Waals surface area contributed by atoms with Crippen molar-refractivity contribution in [1.82, 2.24) is 15.5 Å². The summed E-state index contributed by atoms with van der Waals surface area (Å²) in [6.07, 6.45) is 2.68. The molecule has 0 atom stereocenters. The molecule has 1 saturated heterocycles. The van der Waals surface area contributed by atoms with Crippen molar-refractivity contribution in [3.8, 4) is 0 Å². The van der Waals surface area contributed by atoms with Crippen molar-refractivity contribution in [3.05, 3.63) is 30.1 Å². The number of carbonyl (C=O) groups is 1. The lowest BCUT2D eigenvalue weighted by Crippen LogP contribution is -2.49. The first-order valence-electron chi connectivity index (χ1n) is 9.37. The van der Waals surface area contributed by atoms with Gasteiger partial charge in [-0.1, -0.05) is 13.3 Å². The van der Waals surface area contributed by atoms with Gasteiger partial charge in [0.1, 0.15) is 5.82 Å². The topological polar surface area (TPSA) is 60.0 Å². The summed E-state index contributed by atoms with van der Waals surface area (Å²) in [4.78, 5) is 20.6. The molecular formula is C19H31FIN5O. The number of nitrogens with zero attached hydrogens (tertiary/aromatic N) is 3. The Labute approximate surface area is 178 Å². The van der Waals surface area contributed by atoms with Crippen LogP contribution in [0, 0.1) is 5.82 Å². The van der Waals surface area contributed by atoms with Crippen LogP contribution in [-0.4, -0.2) is 63.1 Å². The molecule has 6 nitrogen and oxygen atoms in total. The van der Waals surface area contributed by atoms with Gasteiger partial charge in [0.2, 0.25) is 5.91 Å². The molecule has 1 aliphatic heterocycles. The first-order chi connectivity index (χ1) is 12.6. The van der Waals surface area contributed by atoms with Crippen molar-refractivity contribution >= 4 is 41.5 Å². The average Bonchev–Trinajstić information content (AvgIpc) is 2.67. The Morgan fingerprint density at radius 3 is 2.33 bits per heavy atom.